The standard InChI is InChI=1S/C24H24N2O5/c1-14-8-10-16-18(12-14)24(29)26(23(16)28)20-7-5-4-6-17(20)22(27)25-19-13-15(30-2)9-11-21(19)31-3/h4-9,11,13,16,18H,10,12H2,1-3H3,(H,25,27)/t16-,18-/m1/s1. The lowest BCUT2D eigenvalue weighted by atomic mass is 9.82. The van der Waals surface area contributed by atoms with Gasteiger partial charge in [0.25, 0.3) is 5.91 Å². The van der Waals surface area contributed by atoms with Gasteiger partial charge in [-0.15, -0.1) is 0 Å². The third kappa shape index (κ3) is 3.67. The summed E-state index contributed by atoms with van der Waals surface area (Å²) in [5.74, 6) is -0.668. The van der Waals surface area contributed by atoms with E-state index in [0.717, 1.165) is 5.57 Å². The second-order valence-corrected chi connectivity index (χ2v) is 7.75. The molecule has 7 heteroatoms. The Morgan fingerprint density at radius 1 is 1.03 bits per heavy atom. The summed E-state index contributed by atoms with van der Waals surface area (Å²) < 4.78 is 10.6. The van der Waals surface area contributed by atoms with Gasteiger partial charge in [0.15, 0.2) is 0 Å². The minimum absolute atomic E-state index is 0.234. The number of hydrogen-bond donors (Lipinski definition) is 1. The Labute approximate surface area is 180 Å². The van der Waals surface area contributed by atoms with Gasteiger partial charge in [-0.1, -0.05) is 23.8 Å². The molecule has 31 heavy (non-hydrogen) atoms. The maximum atomic E-state index is 13.2. The van der Waals surface area contributed by atoms with E-state index < -0.39 is 5.91 Å². The maximum absolute atomic E-state index is 13.2. The number of methoxy groups -OCH3 is 2. The van der Waals surface area contributed by atoms with E-state index in [9.17, 15) is 14.4 Å². The molecule has 2 aliphatic rings. The van der Waals surface area contributed by atoms with Crippen LogP contribution in [0.25, 0.3) is 0 Å². The maximum Gasteiger partial charge on any atom is 0.257 e. The van der Waals surface area contributed by atoms with Crippen LogP contribution in [0.2, 0.25) is 0 Å². The van der Waals surface area contributed by atoms with Gasteiger partial charge in [-0.3, -0.25) is 14.4 Å². The molecule has 2 aromatic carbocycles. The van der Waals surface area contributed by atoms with Crippen LogP contribution in [0, 0.1) is 11.8 Å². The molecule has 1 aliphatic heterocycles. The lowest BCUT2D eigenvalue weighted by molar-refractivity contribution is -0.122. The molecule has 0 saturated carbocycles. The number of nitrogens with zero attached hydrogens (tertiary/aromatic N) is 1. The quantitative estimate of drug-likeness (QED) is 0.587. The molecule has 1 N–H and O–H groups in total. The van der Waals surface area contributed by atoms with Crippen molar-refractivity contribution in [2.24, 2.45) is 11.8 Å². The molecule has 1 fully saturated rings. The zero-order chi connectivity index (χ0) is 22.1. The van der Waals surface area contributed by atoms with Gasteiger partial charge in [-0.25, -0.2) is 4.90 Å². The molecule has 2 aromatic rings. The first-order valence-corrected chi connectivity index (χ1v) is 10.1. The number of nitrogens with one attached hydrogen (secondary N) is 1. The topological polar surface area (TPSA) is 84.9 Å². The molecule has 3 amide bonds. The Kier molecular flexibility index (Phi) is 5.50. The number of allylic oxidation sites excluding steroid dienone is 2. The zero-order valence-electron chi connectivity index (χ0n) is 17.7. The second-order valence-electron chi connectivity index (χ2n) is 7.75. The van der Waals surface area contributed by atoms with Crippen molar-refractivity contribution in [3.05, 3.63) is 59.7 Å². The van der Waals surface area contributed by atoms with Crippen LogP contribution in [-0.4, -0.2) is 31.9 Å². The van der Waals surface area contributed by atoms with Gasteiger partial charge in [-0.05, 0) is 44.0 Å². The predicted molar refractivity (Wildman–Crippen MR) is 116 cm³/mol. The fraction of sp³-hybridized carbons (Fsp3) is 0.292. The molecule has 2 atom stereocenters. The van der Waals surface area contributed by atoms with Crippen molar-refractivity contribution in [2.45, 2.75) is 19.8 Å². The summed E-state index contributed by atoms with van der Waals surface area (Å²) in [6.07, 6.45) is 3.14. The number of anilines is 2. The zero-order valence-corrected chi connectivity index (χ0v) is 17.7. The highest BCUT2D eigenvalue weighted by Crippen LogP contribution is 2.41. The van der Waals surface area contributed by atoms with E-state index in [2.05, 4.69) is 5.32 Å². The van der Waals surface area contributed by atoms with Gasteiger partial charge in [0.2, 0.25) is 11.8 Å². The molecular weight excluding hydrogens is 396 g/mol. The molecule has 0 aromatic heterocycles. The van der Waals surface area contributed by atoms with Gasteiger partial charge in [0.1, 0.15) is 11.5 Å². The highest BCUT2D eigenvalue weighted by Gasteiger charge is 2.49. The summed E-state index contributed by atoms with van der Waals surface area (Å²) in [5, 5.41) is 2.81. The third-order valence-corrected chi connectivity index (χ3v) is 5.87. The van der Waals surface area contributed by atoms with E-state index in [-0.39, 0.29) is 29.2 Å². The van der Waals surface area contributed by atoms with E-state index in [1.807, 2.05) is 13.0 Å². The number of amides is 3. The smallest absolute Gasteiger partial charge is 0.257 e. The molecule has 4 rings (SSSR count). The monoisotopic (exact) mass is 420 g/mol. The van der Waals surface area contributed by atoms with Gasteiger partial charge in [0.05, 0.1) is 43.0 Å². The number of benzene rings is 2. The molecule has 1 saturated heterocycles. The summed E-state index contributed by atoms with van der Waals surface area (Å²) in [4.78, 5) is 40.6. The van der Waals surface area contributed by atoms with Crippen LogP contribution in [0.5, 0.6) is 11.5 Å². The first kappa shape index (κ1) is 20.7. The Morgan fingerprint density at radius 3 is 2.52 bits per heavy atom. The molecule has 0 radical (unpaired) electrons. The highest BCUT2D eigenvalue weighted by molar-refractivity contribution is 6.25. The first-order valence-electron chi connectivity index (χ1n) is 10.1. The minimum Gasteiger partial charge on any atom is -0.497 e. The van der Waals surface area contributed by atoms with Crippen molar-refractivity contribution in [3.63, 3.8) is 0 Å². The van der Waals surface area contributed by atoms with Gasteiger partial charge in [-0.2, -0.15) is 0 Å². The summed E-state index contributed by atoms with van der Waals surface area (Å²) in [6.45, 7) is 1.97. The number of carbonyl (C=O) groups excluding carboxylic acids is 3. The fourth-order valence-electron chi connectivity index (χ4n) is 4.24. The fourth-order valence-corrected chi connectivity index (χ4v) is 4.24. The van der Waals surface area contributed by atoms with Gasteiger partial charge >= 0.3 is 0 Å². The third-order valence-electron chi connectivity index (χ3n) is 5.87. The van der Waals surface area contributed by atoms with Crippen LogP contribution in [0.3, 0.4) is 0 Å². The highest BCUT2D eigenvalue weighted by atomic mass is 16.5. The molecule has 0 unspecified atom stereocenters. The lowest BCUT2D eigenvalue weighted by Gasteiger charge is -2.19. The number of ether oxygens (including phenoxy) is 2. The molecule has 0 spiro atoms. The van der Waals surface area contributed by atoms with Crippen LogP contribution in [0.4, 0.5) is 11.4 Å². The van der Waals surface area contributed by atoms with Crippen LogP contribution in [0.1, 0.15) is 30.1 Å². The second kappa shape index (κ2) is 8.26. The summed E-state index contributed by atoms with van der Waals surface area (Å²) in [5.41, 5.74) is 2.07. The van der Waals surface area contributed by atoms with E-state index in [0.29, 0.717) is 35.7 Å². The summed E-state index contributed by atoms with van der Waals surface area (Å²) >= 11 is 0. The van der Waals surface area contributed by atoms with Crippen molar-refractivity contribution in [1.29, 1.82) is 0 Å². The SMILES string of the molecule is COc1ccc(OC)c(NC(=O)c2ccccc2N2C(=O)[C@@H]3CC=C(C)C[C@H]3C2=O)c1. The first-order chi connectivity index (χ1) is 14.9. The lowest BCUT2D eigenvalue weighted by Crippen LogP contribution is -2.33. The minimum atomic E-state index is -0.452. The van der Waals surface area contributed by atoms with Crippen LogP contribution in [0.15, 0.2) is 54.1 Å². The van der Waals surface area contributed by atoms with Crippen LogP contribution < -0.4 is 19.7 Å². The number of fused-ring (bicyclic) bond motifs is 1. The molecule has 1 heterocycles. The number of para-hydroxylation sites is 1. The van der Waals surface area contributed by atoms with Gasteiger partial charge < -0.3 is 14.8 Å². The number of rotatable bonds is 5. The molecular formula is C24H24N2O5. The number of imide groups is 1. The predicted octanol–water partition coefficient (Wildman–Crippen LogP) is 3.80. The molecule has 1 aliphatic carbocycles. The largest absolute Gasteiger partial charge is 0.497 e. The van der Waals surface area contributed by atoms with Crippen LogP contribution >= 0.6 is 0 Å². The van der Waals surface area contributed by atoms with Gasteiger partial charge in [0, 0.05) is 6.07 Å². The van der Waals surface area contributed by atoms with E-state index in [1.54, 1.807) is 42.5 Å². The average molecular weight is 420 g/mol. The average Bonchev–Trinajstić information content (AvgIpc) is 3.02. The molecule has 7 nitrogen and oxygen atoms in total. The summed E-state index contributed by atoms with van der Waals surface area (Å²) in [7, 11) is 3.04. The Balaban J connectivity index is 1.66. The van der Waals surface area contributed by atoms with E-state index >= 15 is 0 Å². The van der Waals surface area contributed by atoms with Crippen molar-refractivity contribution < 1.29 is 23.9 Å². The van der Waals surface area contributed by atoms with E-state index in [1.165, 1.54) is 19.1 Å². The van der Waals surface area contributed by atoms with Crippen molar-refractivity contribution in [3.8, 4) is 11.5 Å². The van der Waals surface area contributed by atoms with Crippen molar-refractivity contribution >= 4 is 29.1 Å². The Morgan fingerprint density at radius 2 is 1.77 bits per heavy atom. The number of carbonyl (C=O) groups is 3. The Hall–Kier alpha value is -3.61. The van der Waals surface area contributed by atoms with Crippen molar-refractivity contribution in [1.82, 2.24) is 0 Å². The normalized spacial score (nSPS) is 20.2. The number of hydrogen-bond acceptors (Lipinski definition) is 5. The molecule has 0 bridgehead atoms. The van der Waals surface area contributed by atoms with E-state index in [4.69, 9.17) is 9.47 Å². The van der Waals surface area contributed by atoms with Crippen LogP contribution in [-0.2, 0) is 9.59 Å². The molecule has 160 valence electrons. The summed E-state index contributed by atoms with van der Waals surface area (Å²) in [6, 6.07) is 11.7. The Bertz CT molecular complexity index is 1090. The van der Waals surface area contributed by atoms with Crippen molar-refractivity contribution in [2.75, 3.05) is 24.4 Å².